The smallest absolute Gasteiger partial charge is 0.188 e. The molecule has 0 spiro atoms. The van der Waals surface area contributed by atoms with Crippen LogP contribution in [0.25, 0.3) is 0 Å². The highest BCUT2D eigenvalue weighted by Gasteiger charge is 2.19. The number of halogens is 1. The average molecular weight is 386 g/mol. The van der Waals surface area contributed by atoms with Crippen LogP contribution in [0.5, 0.6) is 0 Å². The fraction of sp³-hybridized carbons (Fsp3) is 0.429. The second kappa shape index (κ2) is 10.3. The van der Waals surface area contributed by atoms with Crippen molar-refractivity contribution in [2.45, 2.75) is 25.8 Å². The highest BCUT2D eigenvalue weighted by molar-refractivity contribution is 6.31. The summed E-state index contributed by atoms with van der Waals surface area (Å²) >= 11 is 6.27. The van der Waals surface area contributed by atoms with Crippen LogP contribution in [0.1, 0.15) is 24.1 Å². The maximum atomic E-state index is 6.27. The number of guanidine groups is 1. The zero-order valence-corrected chi connectivity index (χ0v) is 16.4. The molecule has 5 nitrogen and oxygen atoms in total. The van der Waals surface area contributed by atoms with E-state index in [0.717, 1.165) is 62.7 Å². The van der Waals surface area contributed by atoms with Crippen LogP contribution in [0.4, 0.5) is 0 Å². The first-order valence-electron chi connectivity index (χ1n) is 9.60. The van der Waals surface area contributed by atoms with Gasteiger partial charge in [0.25, 0.3) is 0 Å². The van der Waals surface area contributed by atoms with Gasteiger partial charge >= 0.3 is 0 Å². The third kappa shape index (κ3) is 6.52. The third-order valence-corrected chi connectivity index (χ3v) is 5.36. The Kier molecular flexibility index (Phi) is 7.48. The number of aliphatic imine (C=N–C) groups is 1. The molecule has 0 radical (unpaired) electrons. The molecule has 0 atom stereocenters. The number of pyridine rings is 1. The van der Waals surface area contributed by atoms with Crippen molar-refractivity contribution >= 4 is 17.6 Å². The highest BCUT2D eigenvalue weighted by atomic mass is 35.5. The van der Waals surface area contributed by atoms with Crippen LogP contribution in [0.2, 0.25) is 5.02 Å². The second-order valence-electron chi connectivity index (χ2n) is 7.03. The van der Waals surface area contributed by atoms with E-state index in [2.05, 4.69) is 26.3 Å². The van der Waals surface area contributed by atoms with E-state index in [0.29, 0.717) is 11.9 Å². The summed E-state index contributed by atoms with van der Waals surface area (Å²) in [6.07, 6.45) is 4.95. The lowest BCUT2D eigenvalue weighted by Crippen LogP contribution is -2.36. The normalized spacial score (nSPS) is 16.4. The summed E-state index contributed by atoms with van der Waals surface area (Å²) in [7, 11) is 0. The van der Waals surface area contributed by atoms with Gasteiger partial charge in [-0.1, -0.05) is 35.9 Å². The molecule has 2 heterocycles. The predicted octanol–water partition coefficient (Wildman–Crippen LogP) is 3.09. The molecule has 27 heavy (non-hydrogen) atoms. The first-order valence-corrected chi connectivity index (χ1v) is 9.98. The van der Waals surface area contributed by atoms with Crippen LogP contribution in [0, 0.1) is 5.92 Å². The molecule has 1 aliphatic heterocycles. The Bertz CT molecular complexity index is 726. The molecule has 0 amide bonds. The van der Waals surface area contributed by atoms with Crippen molar-refractivity contribution in [1.29, 1.82) is 0 Å². The van der Waals surface area contributed by atoms with E-state index in [4.69, 9.17) is 17.3 Å². The molecule has 1 aliphatic rings. The molecule has 2 aromatic rings. The van der Waals surface area contributed by atoms with Crippen molar-refractivity contribution in [3.8, 4) is 0 Å². The van der Waals surface area contributed by atoms with Gasteiger partial charge in [0.15, 0.2) is 5.96 Å². The number of nitrogens with one attached hydrogen (secondary N) is 1. The number of nitrogens with zero attached hydrogens (tertiary/aromatic N) is 3. The van der Waals surface area contributed by atoms with Gasteiger partial charge in [0.2, 0.25) is 0 Å². The van der Waals surface area contributed by atoms with E-state index in [1.165, 1.54) is 5.56 Å². The van der Waals surface area contributed by atoms with Gasteiger partial charge in [0.1, 0.15) is 0 Å². The molecule has 3 N–H and O–H groups in total. The Morgan fingerprint density at radius 2 is 1.96 bits per heavy atom. The Labute approximate surface area is 166 Å². The number of hydrogen-bond donors (Lipinski definition) is 2. The Morgan fingerprint density at radius 1 is 1.19 bits per heavy atom. The summed E-state index contributed by atoms with van der Waals surface area (Å²) in [6.45, 7) is 4.63. The number of rotatable bonds is 7. The molecule has 1 fully saturated rings. The van der Waals surface area contributed by atoms with Gasteiger partial charge in [-0.2, -0.15) is 0 Å². The Morgan fingerprint density at radius 3 is 2.70 bits per heavy atom. The third-order valence-electron chi connectivity index (χ3n) is 4.99. The van der Waals surface area contributed by atoms with Crippen LogP contribution in [0.3, 0.4) is 0 Å². The molecule has 0 bridgehead atoms. The van der Waals surface area contributed by atoms with Crippen LogP contribution in [-0.4, -0.2) is 42.0 Å². The standard InChI is InChI=1S/C21H28ClN5/c22-20-7-2-1-5-18(20)16-27-13-9-17(10-14-27)15-26-21(23)25-12-8-19-6-3-4-11-24-19/h1-7,11,17H,8-10,12-16H2,(H3,23,25,26). The Hall–Kier alpha value is -2.11. The van der Waals surface area contributed by atoms with Gasteiger partial charge in [-0.15, -0.1) is 0 Å². The van der Waals surface area contributed by atoms with Crippen LogP contribution in [-0.2, 0) is 13.0 Å². The van der Waals surface area contributed by atoms with Gasteiger partial charge in [-0.05, 0) is 55.6 Å². The van der Waals surface area contributed by atoms with Crippen LogP contribution >= 0.6 is 11.6 Å². The fourth-order valence-electron chi connectivity index (χ4n) is 3.34. The maximum Gasteiger partial charge on any atom is 0.188 e. The number of piperidine rings is 1. The molecular weight excluding hydrogens is 358 g/mol. The van der Waals surface area contributed by atoms with Gasteiger partial charge in [-0.3, -0.25) is 14.9 Å². The van der Waals surface area contributed by atoms with Crippen LogP contribution < -0.4 is 11.1 Å². The SMILES string of the molecule is NC(=NCC1CCN(Cc2ccccc2Cl)CC1)NCCc1ccccn1. The van der Waals surface area contributed by atoms with Crippen LogP contribution in [0.15, 0.2) is 53.7 Å². The van der Waals surface area contributed by atoms with Gasteiger partial charge in [0, 0.05) is 43.0 Å². The topological polar surface area (TPSA) is 66.5 Å². The summed E-state index contributed by atoms with van der Waals surface area (Å²) < 4.78 is 0. The summed E-state index contributed by atoms with van der Waals surface area (Å²) in [5.74, 6) is 1.13. The molecule has 1 aromatic heterocycles. The monoisotopic (exact) mass is 385 g/mol. The van der Waals surface area contributed by atoms with Crippen molar-refractivity contribution < 1.29 is 0 Å². The summed E-state index contributed by atoms with van der Waals surface area (Å²) in [5.41, 5.74) is 8.26. The minimum atomic E-state index is 0.532. The molecule has 0 unspecified atom stereocenters. The number of hydrogen-bond acceptors (Lipinski definition) is 3. The second-order valence-corrected chi connectivity index (χ2v) is 7.44. The molecule has 144 valence electrons. The number of nitrogens with two attached hydrogens (primary N) is 1. The molecule has 3 rings (SSSR count). The van der Waals surface area contributed by atoms with E-state index in [1.807, 2.05) is 42.6 Å². The lowest BCUT2D eigenvalue weighted by molar-refractivity contribution is 0.180. The molecule has 6 heteroatoms. The lowest BCUT2D eigenvalue weighted by Gasteiger charge is -2.31. The van der Waals surface area contributed by atoms with E-state index >= 15 is 0 Å². The number of benzene rings is 1. The molecule has 0 saturated carbocycles. The van der Waals surface area contributed by atoms with E-state index in [1.54, 1.807) is 0 Å². The minimum absolute atomic E-state index is 0.532. The molecule has 1 aromatic carbocycles. The summed E-state index contributed by atoms with van der Waals surface area (Å²) in [4.78, 5) is 11.3. The van der Waals surface area contributed by atoms with Gasteiger partial charge in [0.05, 0.1) is 0 Å². The first-order chi connectivity index (χ1) is 13.2. The molecule has 0 aliphatic carbocycles. The van der Waals surface area contributed by atoms with Crippen molar-refractivity contribution in [1.82, 2.24) is 15.2 Å². The lowest BCUT2D eigenvalue weighted by atomic mass is 9.96. The van der Waals surface area contributed by atoms with E-state index < -0.39 is 0 Å². The highest BCUT2D eigenvalue weighted by Crippen LogP contribution is 2.22. The van der Waals surface area contributed by atoms with E-state index in [9.17, 15) is 0 Å². The largest absolute Gasteiger partial charge is 0.370 e. The zero-order chi connectivity index (χ0) is 18.9. The van der Waals surface area contributed by atoms with Crippen molar-refractivity contribution in [2.75, 3.05) is 26.2 Å². The summed E-state index contributed by atoms with van der Waals surface area (Å²) in [6, 6.07) is 14.0. The van der Waals surface area contributed by atoms with Crippen molar-refractivity contribution in [2.24, 2.45) is 16.6 Å². The number of aromatic nitrogens is 1. The maximum absolute atomic E-state index is 6.27. The fourth-order valence-corrected chi connectivity index (χ4v) is 3.54. The van der Waals surface area contributed by atoms with Gasteiger partial charge in [-0.25, -0.2) is 0 Å². The van der Waals surface area contributed by atoms with Crippen molar-refractivity contribution in [3.63, 3.8) is 0 Å². The summed E-state index contributed by atoms with van der Waals surface area (Å²) in [5, 5.41) is 4.04. The van der Waals surface area contributed by atoms with Crippen molar-refractivity contribution in [3.05, 3.63) is 64.9 Å². The predicted molar refractivity (Wildman–Crippen MR) is 112 cm³/mol. The quantitative estimate of drug-likeness (QED) is 0.567. The number of likely N-dealkylation sites (tertiary alicyclic amines) is 1. The molecule has 1 saturated heterocycles. The zero-order valence-electron chi connectivity index (χ0n) is 15.6. The molecular formula is C21H28ClN5. The Balaban J connectivity index is 1.35. The van der Waals surface area contributed by atoms with Gasteiger partial charge < -0.3 is 11.1 Å². The average Bonchev–Trinajstić information content (AvgIpc) is 2.70. The first kappa shape index (κ1) is 19.6. The van der Waals surface area contributed by atoms with E-state index in [-0.39, 0.29) is 0 Å². The minimum Gasteiger partial charge on any atom is -0.370 e.